The lowest BCUT2D eigenvalue weighted by Gasteiger charge is -2.24. The van der Waals surface area contributed by atoms with Crippen LogP contribution in [0.15, 0.2) is 12.2 Å². The van der Waals surface area contributed by atoms with Crippen molar-refractivity contribution in [3.63, 3.8) is 0 Å². The Kier molecular flexibility index (Phi) is 4.13. The molecule has 4 nitrogen and oxygen atoms in total. The van der Waals surface area contributed by atoms with Crippen molar-refractivity contribution in [1.82, 2.24) is 5.32 Å². The first kappa shape index (κ1) is 15.7. The average Bonchev–Trinajstić information content (AvgIpc) is 2.89. The number of Topliss-reactive ketones (excluding diaryl/α,β-unsaturated/α-hetero) is 1. The third kappa shape index (κ3) is 3.58. The summed E-state index contributed by atoms with van der Waals surface area (Å²) in [7, 11) is 0. The van der Waals surface area contributed by atoms with Gasteiger partial charge in [0.1, 0.15) is 11.1 Å². The van der Waals surface area contributed by atoms with Crippen LogP contribution in [0, 0.1) is 11.8 Å². The Hall–Kier alpha value is -1.32. The fourth-order valence-electron chi connectivity index (χ4n) is 2.42. The summed E-state index contributed by atoms with van der Waals surface area (Å²) in [5.74, 6) is 0.402. The molecule has 0 spiro atoms. The van der Waals surface area contributed by atoms with Crippen LogP contribution in [0.25, 0.3) is 0 Å². The van der Waals surface area contributed by atoms with Gasteiger partial charge in [-0.05, 0) is 51.5 Å². The Bertz CT molecular complexity index is 406. The van der Waals surface area contributed by atoms with Crippen molar-refractivity contribution in [1.29, 1.82) is 0 Å². The van der Waals surface area contributed by atoms with Crippen molar-refractivity contribution in [3.8, 4) is 0 Å². The fraction of sp³-hybridized carbons (Fsp3) is 0.733. The van der Waals surface area contributed by atoms with Crippen molar-refractivity contribution < 1.29 is 14.3 Å². The first-order chi connectivity index (χ1) is 8.49. The largest absolute Gasteiger partial charge is 0.444 e. The van der Waals surface area contributed by atoms with Crippen LogP contribution in [-0.4, -0.2) is 23.0 Å². The standard InChI is InChI=1S/C15H25NO3/c1-9(2)11-8-15(11,12(17)10(3)4)16-13(18)19-14(5,6)7/h9,11H,3,8H2,1-2,4-7H3,(H,16,18)/t11-,15?/m0/s1. The number of hydrogen-bond acceptors (Lipinski definition) is 3. The van der Waals surface area contributed by atoms with Gasteiger partial charge < -0.3 is 10.1 Å². The molecule has 1 fully saturated rings. The molecule has 0 heterocycles. The molecule has 0 aromatic rings. The number of carbonyl (C=O) groups is 2. The lowest BCUT2D eigenvalue weighted by atomic mass is 9.97. The maximum Gasteiger partial charge on any atom is 0.408 e. The van der Waals surface area contributed by atoms with Gasteiger partial charge in [-0.3, -0.25) is 4.79 Å². The van der Waals surface area contributed by atoms with Crippen LogP contribution in [0.1, 0.15) is 48.0 Å². The molecular weight excluding hydrogens is 242 g/mol. The zero-order valence-electron chi connectivity index (χ0n) is 12.8. The molecule has 0 bridgehead atoms. The SMILES string of the molecule is C=C(C)C(=O)C1(NC(=O)OC(C)(C)C)C[C@H]1C(C)C. The maximum atomic E-state index is 12.3. The Morgan fingerprint density at radius 3 is 2.21 bits per heavy atom. The molecule has 4 heteroatoms. The van der Waals surface area contributed by atoms with E-state index < -0.39 is 17.2 Å². The number of rotatable bonds is 4. The van der Waals surface area contributed by atoms with Crippen molar-refractivity contribution in [2.45, 2.75) is 59.1 Å². The van der Waals surface area contributed by atoms with Crippen LogP contribution in [0.5, 0.6) is 0 Å². The first-order valence-corrected chi connectivity index (χ1v) is 6.71. The Balaban J connectivity index is 2.82. The van der Waals surface area contributed by atoms with E-state index in [1.165, 1.54) is 0 Å². The highest BCUT2D eigenvalue weighted by atomic mass is 16.6. The van der Waals surface area contributed by atoms with Crippen molar-refractivity contribution in [3.05, 3.63) is 12.2 Å². The predicted molar refractivity (Wildman–Crippen MR) is 74.9 cm³/mol. The van der Waals surface area contributed by atoms with Crippen LogP contribution in [0.2, 0.25) is 0 Å². The van der Waals surface area contributed by atoms with Gasteiger partial charge in [-0.2, -0.15) is 0 Å². The molecule has 1 rings (SSSR count). The van der Waals surface area contributed by atoms with Gasteiger partial charge in [0, 0.05) is 0 Å². The molecule has 2 atom stereocenters. The zero-order chi connectivity index (χ0) is 15.0. The van der Waals surface area contributed by atoms with Crippen LogP contribution < -0.4 is 5.32 Å². The lowest BCUT2D eigenvalue weighted by molar-refractivity contribution is -0.119. The molecule has 1 amide bonds. The highest BCUT2D eigenvalue weighted by Crippen LogP contribution is 2.50. The molecule has 108 valence electrons. The van der Waals surface area contributed by atoms with Gasteiger partial charge in [-0.15, -0.1) is 0 Å². The third-order valence-electron chi connectivity index (χ3n) is 3.34. The summed E-state index contributed by atoms with van der Waals surface area (Å²) in [6.45, 7) is 14.9. The van der Waals surface area contributed by atoms with Crippen molar-refractivity contribution in [2.24, 2.45) is 11.8 Å². The highest BCUT2D eigenvalue weighted by molar-refractivity contribution is 6.06. The number of hydrogen-bond donors (Lipinski definition) is 1. The van der Waals surface area contributed by atoms with E-state index in [2.05, 4.69) is 25.7 Å². The maximum absolute atomic E-state index is 12.3. The zero-order valence-corrected chi connectivity index (χ0v) is 12.8. The second-order valence-corrected chi connectivity index (χ2v) is 6.76. The summed E-state index contributed by atoms with van der Waals surface area (Å²) < 4.78 is 5.24. The molecule has 1 saturated carbocycles. The minimum absolute atomic E-state index is 0.0861. The molecule has 0 radical (unpaired) electrons. The van der Waals surface area contributed by atoms with Crippen LogP contribution >= 0.6 is 0 Å². The van der Waals surface area contributed by atoms with Gasteiger partial charge in [0.15, 0.2) is 5.78 Å². The van der Waals surface area contributed by atoms with E-state index in [1.807, 2.05) is 0 Å². The van der Waals surface area contributed by atoms with E-state index in [1.54, 1.807) is 27.7 Å². The van der Waals surface area contributed by atoms with Crippen LogP contribution in [0.4, 0.5) is 4.79 Å². The van der Waals surface area contributed by atoms with E-state index in [0.717, 1.165) is 0 Å². The van der Waals surface area contributed by atoms with E-state index in [4.69, 9.17) is 4.74 Å². The van der Waals surface area contributed by atoms with E-state index in [-0.39, 0.29) is 11.7 Å². The minimum atomic E-state index is -0.803. The van der Waals surface area contributed by atoms with Crippen molar-refractivity contribution in [2.75, 3.05) is 0 Å². The van der Waals surface area contributed by atoms with E-state index >= 15 is 0 Å². The Morgan fingerprint density at radius 2 is 1.89 bits per heavy atom. The first-order valence-electron chi connectivity index (χ1n) is 6.71. The lowest BCUT2D eigenvalue weighted by Crippen LogP contribution is -2.47. The number of amides is 1. The summed E-state index contributed by atoms with van der Waals surface area (Å²) in [4.78, 5) is 24.2. The average molecular weight is 267 g/mol. The minimum Gasteiger partial charge on any atom is -0.444 e. The Morgan fingerprint density at radius 1 is 1.37 bits per heavy atom. The number of nitrogens with one attached hydrogen (secondary N) is 1. The molecular formula is C15H25NO3. The summed E-state index contributed by atoms with van der Waals surface area (Å²) in [6, 6.07) is 0. The van der Waals surface area contributed by atoms with Gasteiger partial charge in [-0.1, -0.05) is 20.4 Å². The fourth-order valence-corrected chi connectivity index (χ4v) is 2.42. The van der Waals surface area contributed by atoms with Crippen molar-refractivity contribution >= 4 is 11.9 Å². The molecule has 0 aliphatic heterocycles. The number of carbonyl (C=O) groups excluding carboxylic acids is 2. The topological polar surface area (TPSA) is 55.4 Å². The molecule has 0 saturated heterocycles. The number of ether oxygens (including phenoxy) is 1. The molecule has 1 aliphatic rings. The molecule has 1 unspecified atom stereocenters. The molecule has 1 aliphatic carbocycles. The molecule has 0 aromatic heterocycles. The van der Waals surface area contributed by atoms with E-state index in [0.29, 0.717) is 17.9 Å². The summed E-state index contributed by atoms with van der Waals surface area (Å²) in [5, 5.41) is 2.76. The quantitative estimate of drug-likeness (QED) is 0.796. The predicted octanol–water partition coefficient (Wildman–Crippen LogP) is 3.07. The van der Waals surface area contributed by atoms with Gasteiger partial charge in [0.05, 0.1) is 0 Å². The number of ketones is 1. The molecule has 0 aromatic carbocycles. The summed E-state index contributed by atoms with van der Waals surface area (Å²) >= 11 is 0. The van der Waals surface area contributed by atoms with Gasteiger partial charge in [0.2, 0.25) is 0 Å². The van der Waals surface area contributed by atoms with Gasteiger partial charge >= 0.3 is 6.09 Å². The van der Waals surface area contributed by atoms with Gasteiger partial charge in [0.25, 0.3) is 0 Å². The van der Waals surface area contributed by atoms with Crippen LogP contribution in [-0.2, 0) is 9.53 Å². The third-order valence-corrected chi connectivity index (χ3v) is 3.34. The second-order valence-electron chi connectivity index (χ2n) is 6.76. The normalized spacial score (nSPS) is 25.9. The Labute approximate surface area is 115 Å². The van der Waals surface area contributed by atoms with Gasteiger partial charge in [-0.25, -0.2) is 4.79 Å². The van der Waals surface area contributed by atoms with Crippen LogP contribution in [0.3, 0.4) is 0 Å². The monoisotopic (exact) mass is 267 g/mol. The smallest absolute Gasteiger partial charge is 0.408 e. The highest BCUT2D eigenvalue weighted by Gasteiger charge is 2.62. The molecule has 1 N–H and O–H groups in total. The molecule has 19 heavy (non-hydrogen) atoms. The summed E-state index contributed by atoms with van der Waals surface area (Å²) in [5.41, 5.74) is -0.901. The summed E-state index contributed by atoms with van der Waals surface area (Å²) in [6.07, 6.45) is 0.125. The second kappa shape index (κ2) is 4.99. The van der Waals surface area contributed by atoms with E-state index in [9.17, 15) is 9.59 Å². The number of alkyl carbamates (subject to hydrolysis) is 1.